The van der Waals surface area contributed by atoms with Crippen LogP contribution in [0.2, 0.25) is 0 Å². The van der Waals surface area contributed by atoms with Crippen LogP contribution in [0.5, 0.6) is 0 Å². The first-order valence-electron chi connectivity index (χ1n) is 6.63. The number of carbonyl (C=O) groups excluding carboxylic acids is 1. The van der Waals surface area contributed by atoms with Crippen molar-refractivity contribution < 1.29 is 4.79 Å². The Hall–Kier alpha value is -2.49. The van der Waals surface area contributed by atoms with E-state index in [0.717, 1.165) is 16.9 Å². The first-order chi connectivity index (χ1) is 9.61. The summed E-state index contributed by atoms with van der Waals surface area (Å²) in [4.78, 5) is 11.4. The second-order valence-corrected chi connectivity index (χ2v) is 5.16. The first kappa shape index (κ1) is 12.5. The molecule has 4 nitrogen and oxygen atoms in total. The van der Waals surface area contributed by atoms with Gasteiger partial charge in [0.15, 0.2) is 0 Å². The molecule has 102 valence electrons. The molecule has 0 aromatic heterocycles. The van der Waals surface area contributed by atoms with Gasteiger partial charge >= 0.3 is 0 Å². The van der Waals surface area contributed by atoms with Gasteiger partial charge in [-0.2, -0.15) is 0 Å². The number of fused-ring (bicyclic) bond motifs is 1. The Balaban J connectivity index is 1.76. The van der Waals surface area contributed by atoms with Gasteiger partial charge in [-0.25, -0.2) is 0 Å². The van der Waals surface area contributed by atoms with Crippen LogP contribution in [0.4, 0.5) is 17.1 Å². The minimum Gasteiger partial charge on any atom is -0.397 e. The standard InChI is InChI=1S/C16H17N3O/c1-10-2-4-11(5-3-10)9-18-15-8-14-12(6-13(15)17)7-16(20)19-14/h2-6,8,18H,7,9,17H2,1H3,(H,19,20). The predicted molar refractivity (Wildman–Crippen MR) is 81.7 cm³/mol. The molecule has 20 heavy (non-hydrogen) atoms. The number of hydrogen-bond donors (Lipinski definition) is 3. The second-order valence-electron chi connectivity index (χ2n) is 5.16. The molecule has 1 heterocycles. The fraction of sp³-hybridized carbons (Fsp3) is 0.188. The van der Waals surface area contributed by atoms with E-state index in [1.807, 2.05) is 12.1 Å². The lowest BCUT2D eigenvalue weighted by atomic mass is 10.1. The number of rotatable bonds is 3. The molecular formula is C16H17N3O. The number of anilines is 3. The molecule has 1 aliphatic heterocycles. The molecule has 4 heteroatoms. The van der Waals surface area contributed by atoms with Crippen molar-refractivity contribution in [3.8, 4) is 0 Å². The molecule has 2 aromatic carbocycles. The average molecular weight is 267 g/mol. The van der Waals surface area contributed by atoms with E-state index in [-0.39, 0.29) is 5.91 Å². The van der Waals surface area contributed by atoms with Crippen molar-refractivity contribution in [2.45, 2.75) is 19.9 Å². The van der Waals surface area contributed by atoms with E-state index < -0.39 is 0 Å². The molecule has 2 aromatic rings. The SMILES string of the molecule is Cc1ccc(CNc2cc3c(cc2N)CC(=O)N3)cc1. The smallest absolute Gasteiger partial charge is 0.228 e. The molecule has 0 fully saturated rings. The first-order valence-corrected chi connectivity index (χ1v) is 6.63. The lowest BCUT2D eigenvalue weighted by molar-refractivity contribution is -0.115. The van der Waals surface area contributed by atoms with E-state index >= 15 is 0 Å². The Morgan fingerprint density at radius 3 is 2.75 bits per heavy atom. The summed E-state index contributed by atoms with van der Waals surface area (Å²) in [5.41, 5.74) is 11.8. The minimum atomic E-state index is 0.0232. The number of nitrogen functional groups attached to an aromatic ring is 1. The lowest BCUT2D eigenvalue weighted by Gasteiger charge is -2.11. The van der Waals surface area contributed by atoms with Crippen molar-refractivity contribution in [1.29, 1.82) is 0 Å². The van der Waals surface area contributed by atoms with Crippen molar-refractivity contribution in [3.63, 3.8) is 0 Å². The Labute approximate surface area is 118 Å². The van der Waals surface area contributed by atoms with Crippen LogP contribution in [-0.2, 0) is 17.8 Å². The largest absolute Gasteiger partial charge is 0.397 e. The summed E-state index contributed by atoms with van der Waals surface area (Å²) >= 11 is 0. The van der Waals surface area contributed by atoms with Gasteiger partial charge in [-0.15, -0.1) is 0 Å². The van der Waals surface area contributed by atoms with Gasteiger partial charge in [-0.1, -0.05) is 29.8 Å². The zero-order valence-electron chi connectivity index (χ0n) is 11.4. The summed E-state index contributed by atoms with van der Waals surface area (Å²) in [7, 11) is 0. The highest BCUT2D eigenvalue weighted by Gasteiger charge is 2.19. The minimum absolute atomic E-state index is 0.0232. The Bertz CT molecular complexity index is 662. The summed E-state index contributed by atoms with van der Waals surface area (Å²) in [6.45, 7) is 2.77. The van der Waals surface area contributed by atoms with Crippen LogP contribution in [0.25, 0.3) is 0 Å². The van der Waals surface area contributed by atoms with E-state index in [0.29, 0.717) is 18.7 Å². The summed E-state index contributed by atoms with van der Waals surface area (Å²) in [5.74, 6) is 0.0232. The lowest BCUT2D eigenvalue weighted by Crippen LogP contribution is -2.04. The maximum atomic E-state index is 11.4. The van der Waals surface area contributed by atoms with Gasteiger partial charge in [0.2, 0.25) is 5.91 Å². The molecule has 0 aliphatic carbocycles. The Morgan fingerprint density at radius 2 is 2.00 bits per heavy atom. The maximum Gasteiger partial charge on any atom is 0.228 e. The highest BCUT2D eigenvalue weighted by Crippen LogP contribution is 2.31. The van der Waals surface area contributed by atoms with E-state index in [9.17, 15) is 4.79 Å². The van der Waals surface area contributed by atoms with Gasteiger partial charge in [-0.05, 0) is 30.2 Å². The van der Waals surface area contributed by atoms with Crippen molar-refractivity contribution in [2.24, 2.45) is 0 Å². The van der Waals surface area contributed by atoms with Gasteiger partial charge in [-0.3, -0.25) is 4.79 Å². The summed E-state index contributed by atoms with van der Waals surface area (Å²) in [6, 6.07) is 12.1. The van der Waals surface area contributed by atoms with E-state index in [2.05, 4.69) is 41.8 Å². The van der Waals surface area contributed by atoms with Crippen LogP contribution < -0.4 is 16.4 Å². The number of carbonyl (C=O) groups is 1. The van der Waals surface area contributed by atoms with Crippen LogP contribution in [-0.4, -0.2) is 5.91 Å². The van der Waals surface area contributed by atoms with E-state index in [1.54, 1.807) is 0 Å². The van der Waals surface area contributed by atoms with Crippen molar-refractivity contribution in [2.75, 3.05) is 16.4 Å². The van der Waals surface area contributed by atoms with Crippen LogP contribution in [0.3, 0.4) is 0 Å². The third kappa shape index (κ3) is 2.45. The van der Waals surface area contributed by atoms with Crippen LogP contribution in [0, 0.1) is 6.92 Å². The molecule has 1 amide bonds. The maximum absolute atomic E-state index is 11.4. The van der Waals surface area contributed by atoms with Gasteiger partial charge in [0.1, 0.15) is 0 Å². The topological polar surface area (TPSA) is 67.1 Å². The Morgan fingerprint density at radius 1 is 1.25 bits per heavy atom. The number of nitrogens with one attached hydrogen (secondary N) is 2. The number of hydrogen-bond acceptors (Lipinski definition) is 3. The fourth-order valence-electron chi connectivity index (χ4n) is 2.35. The zero-order chi connectivity index (χ0) is 14.1. The predicted octanol–water partition coefficient (Wildman–Crippen LogP) is 2.68. The normalized spacial score (nSPS) is 12.9. The molecule has 1 aliphatic rings. The second kappa shape index (κ2) is 4.89. The summed E-state index contributed by atoms with van der Waals surface area (Å²) in [5, 5.41) is 6.15. The van der Waals surface area contributed by atoms with Crippen molar-refractivity contribution in [1.82, 2.24) is 0 Å². The number of benzene rings is 2. The molecule has 0 saturated heterocycles. The molecule has 0 saturated carbocycles. The third-order valence-corrected chi connectivity index (χ3v) is 3.50. The number of nitrogens with two attached hydrogens (primary N) is 1. The summed E-state index contributed by atoms with van der Waals surface area (Å²) < 4.78 is 0. The zero-order valence-corrected chi connectivity index (χ0v) is 11.4. The quantitative estimate of drug-likeness (QED) is 0.749. The fourth-order valence-corrected chi connectivity index (χ4v) is 2.35. The number of aryl methyl sites for hydroxylation is 1. The van der Waals surface area contributed by atoms with Crippen LogP contribution in [0.15, 0.2) is 36.4 Å². The molecule has 0 radical (unpaired) electrons. The van der Waals surface area contributed by atoms with Gasteiger partial charge in [0.25, 0.3) is 0 Å². The van der Waals surface area contributed by atoms with Crippen LogP contribution in [0.1, 0.15) is 16.7 Å². The molecule has 0 unspecified atom stereocenters. The Kier molecular flexibility index (Phi) is 3.06. The summed E-state index contributed by atoms with van der Waals surface area (Å²) in [6.07, 6.45) is 0.414. The van der Waals surface area contributed by atoms with Gasteiger partial charge in [0, 0.05) is 12.2 Å². The van der Waals surface area contributed by atoms with Crippen LogP contribution >= 0.6 is 0 Å². The van der Waals surface area contributed by atoms with Gasteiger partial charge < -0.3 is 16.4 Å². The molecule has 0 bridgehead atoms. The highest BCUT2D eigenvalue weighted by atomic mass is 16.1. The molecule has 3 rings (SSSR count). The third-order valence-electron chi connectivity index (χ3n) is 3.50. The van der Waals surface area contributed by atoms with Crippen molar-refractivity contribution >= 4 is 23.0 Å². The molecular weight excluding hydrogens is 250 g/mol. The van der Waals surface area contributed by atoms with Crippen molar-refractivity contribution in [3.05, 3.63) is 53.1 Å². The molecule has 0 spiro atoms. The monoisotopic (exact) mass is 267 g/mol. The van der Waals surface area contributed by atoms with E-state index in [1.165, 1.54) is 11.1 Å². The molecule has 0 atom stereocenters. The van der Waals surface area contributed by atoms with E-state index in [4.69, 9.17) is 5.73 Å². The number of amides is 1. The molecule has 4 N–H and O–H groups in total. The van der Waals surface area contributed by atoms with Gasteiger partial charge in [0.05, 0.1) is 17.8 Å². The highest BCUT2D eigenvalue weighted by molar-refractivity contribution is 6.00. The average Bonchev–Trinajstić information content (AvgIpc) is 2.77.